The Bertz CT molecular complexity index is 1280. The van der Waals surface area contributed by atoms with Crippen molar-refractivity contribution in [2.75, 3.05) is 12.9 Å². The summed E-state index contributed by atoms with van der Waals surface area (Å²) in [4.78, 5) is 17.4. The molecule has 0 saturated heterocycles. The van der Waals surface area contributed by atoms with E-state index in [1.165, 1.54) is 27.8 Å². The number of benzene rings is 2. The van der Waals surface area contributed by atoms with E-state index in [0.29, 0.717) is 21.6 Å². The normalized spacial score (nSPS) is 11.7. The van der Waals surface area contributed by atoms with Crippen LogP contribution in [0.2, 0.25) is 0 Å². The Morgan fingerprint density at radius 3 is 2.84 bits per heavy atom. The Morgan fingerprint density at radius 1 is 1.28 bits per heavy atom. The third-order valence-corrected chi connectivity index (χ3v) is 6.49. The monoisotopic (exact) mass is 462 g/mol. The highest BCUT2D eigenvalue weighted by molar-refractivity contribution is 7.99. The highest BCUT2D eigenvalue weighted by Gasteiger charge is 2.25. The summed E-state index contributed by atoms with van der Waals surface area (Å²) in [5, 5.41) is 24.2. The number of nitrogens with zero attached hydrogens (tertiary/aromatic N) is 6. The number of ether oxygens (including phenoxy) is 1. The summed E-state index contributed by atoms with van der Waals surface area (Å²) < 4.78 is 6.94. The van der Waals surface area contributed by atoms with Crippen LogP contribution in [-0.2, 0) is 4.79 Å². The Kier molecular flexibility index (Phi) is 6.58. The van der Waals surface area contributed by atoms with Crippen LogP contribution in [0.1, 0.15) is 16.5 Å². The Hall–Kier alpha value is -3.55. The number of tetrazole rings is 1. The number of carbonyl (C=O) groups is 1. The molecule has 0 amide bonds. The van der Waals surface area contributed by atoms with E-state index in [1.807, 2.05) is 60.8 Å². The largest absolute Gasteiger partial charge is 0.494 e. The number of rotatable bonds is 8. The molecule has 0 fully saturated rings. The molecule has 0 saturated carbocycles. The Labute approximate surface area is 192 Å². The van der Waals surface area contributed by atoms with Crippen LogP contribution in [0.4, 0.5) is 0 Å². The lowest BCUT2D eigenvalue weighted by molar-refractivity contribution is -0.116. The molecule has 1 unspecified atom stereocenters. The van der Waals surface area contributed by atoms with Crippen molar-refractivity contribution >= 4 is 28.9 Å². The molecule has 0 radical (unpaired) electrons. The van der Waals surface area contributed by atoms with E-state index in [1.54, 1.807) is 7.11 Å². The molecular formula is C22H18N6O2S2. The maximum atomic E-state index is 12.9. The van der Waals surface area contributed by atoms with Gasteiger partial charge in [0.05, 0.1) is 24.6 Å². The van der Waals surface area contributed by atoms with Crippen LogP contribution in [0.15, 0.2) is 59.1 Å². The van der Waals surface area contributed by atoms with E-state index in [4.69, 9.17) is 4.74 Å². The number of ketones is 1. The molecular weight excluding hydrogens is 444 g/mol. The fourth-order valence-electron chi connectivity index (χ4n) is 3.03. The molecule has 2 heterocycles. The standard InChI is InChI=1S/C22H18N6O2S2/c1-14-8-9-20(30-2)18(10-14)28-22(25-26-27-28)32-13-19(29)16(11-23)21-24-17(12-31-21)15-6-4-3-5-7-15/h3-10,12,16H,13H2,1-2H3. The van der Waals surface area contributed by atoms with Crippen LogP contribution < -0.4 is 4.74 Å². The van der Waals surface area contributed by atoms with Gasteiger partial charge in [0.1, 0.15) is 16.4 Å². The molecule has 1 atom stereocenters. The molecule has 160 valence electrons. The van der Waals surface area contributed by atoms with Gasteiger partial charge in [-0.2, -0.15) is 9.94 Å². The first-order valence-corrected chi connectivity index (χ1v) is 11.5. The quantitative estimate of drug-likeness (QED) is 0.361. The molecule has 0 bridgehead atoms. The molecule has 4 rings (SSSR count). The third-order valence-electron chi connectivity index (χ3n) is 4.64. The number of carbonyl (C=O) groups excluding carboxylic acids is 1. The number of thioether (sulfide) groups is 1. The number of thiazole rings is 1. The first-order chi connectivity index (χ1) is 15.6. The lowest BCUT2D eigenvalue weighted by atomic mass is 10.1. The van der Waals surface area contributed by atoms with Crippen molar-refractivity contribution in [3.63, 3.8) is 0 Å². The van der Waals surface area contributed by atoms with Crippen molar-refractivity contribution in [1.29, 1.82) is 5.26 Å². The summed E-state index contributed by atoms with van der Waals surface area (Å²) in [6.07, 6.45) is 0. The van der Waals surface area contributed by atoms with E-state index in [2.05, 4.69) is 26.6 Å². The zero-order valence-corrected chi connectivity index (χ0v) is 18.9. The lowest BCUT2D eigenvalue weighted by Crippen LogP contribution is -2.14. The predicted molar refractivity (Wildman–Crippen MR) is 122 cm³/mol. The van der Waals surface area contributed by atoms with Crippen molar-refractivity contribution < 1.29 is 9.53 Å². The van der Waals surface area contributed by atoms with Gasteiger partial charge in [-0.15, -0.1) is 16.4 Å². The topological polar surface area (TPSA) is 107 Å². The van der Waals surface area contributed by atoms with E-state index < -0.39 is 5.92 Å². The number of nitriles is 1. The Balaban J connectivity index is 1.50. The highest BCUT2D eigenvalue weighted by Crippen LogP contribution is 2.30. The number of aromatic nitrogens is 5. The first-order valence-electron chi connectivity index (χ1n) is 9.60. The highest BCUT2D eigenvalue weighted by atomic mass is 32.2. The van der Waals surface area contributed by atoms with E-state index in [0.717, 1.165) is 16.8 Å². The van der Waals surface area contributed by atoms with Crippen molar-refractivity contribution in [1.82, 2.24) is 25.2 Å². The maximum Gasteiger partial charge on any atom is 0.214 e. The van der Waals surface area contributed by atoms with E-state index >= 15 is 0 Å². The van der Waals surface area contributed by atoms with Crippen molar-refractivity contribution in [3.05, 3.63) is 64.5 Å². The minimum Gasteiger partial charge on any atom is -0.494 e. The molecule has 0 aliphatic carbocycles. The second-order valence-corrected chi connectivity index (χ2v) is 8.63. The number of hydrogen-bond donors (Lipinski definition) is 0. The number of aryl methyl sites for hydroxylation is 1. The second kappa shape index (κ2) is 9.72. The van der Waals surface area contributed by atoms with Crippen LogP contribution in [0.25, 0.3) is 16.9 Å². The van der Waals surface area contributed by atoms with Gasteiger partial charge in [0, 0.05) is 10.9 Å². The summed E-state index contributed by atoms with van der Waals surface area (Å²) in [6.45, 7) is 1.96. The van der Waals surface area contributed by atoms with Gasteiger partial charge in [-0.25, -0.2) is 4.98 Å². The van der Waals surface area contributed by atoms with Crippen molar-refractivity contribution in [2.45, 2.75) is 18.0 Å². The fraction of sp³-hybridized carbons (Fsp3) is 0.182. The van der Waals surface area contributed by atoms with Gasteiger partial charge in [0.15, 0.2) is 11.7 Å². The van der Waals surface area contributed by atoms with Gasteiger partial charge in [-0.1, -0.05) is 48.2 Å². The number of hydrogen-bond acceptors (Lipinski definition) is 9. The van der Waals surface area contributed by atoms with Crippen molar-refractivity contribution in [3.8, 4) is 28.8 Å². The molecule has 0 aliphatic rings. The minimum absolute atomic E-state index is 0.0347. The fourth-order valence-corrected chi connectivity index (χ4v) is 4.71. The van der Waals surface area contributed by atoms with E-state index in [9.17, 15) is 10.1 Å². The molecule has 2 aromatic heterocycles. The Morgan fingerprint density at radius 2 is 2.09 bits per heavy atom. The molecule has 10 heteroatoms. The molecule has 32 heavy (non-hydrogen) atoms. The van der Waals surface area contributed by atoms with Gasteiger partial charge in [-0.3, -0.25) is 4.79 Å². The molecule has 8 nitrogen and oxygen atoms in total. The number of Topliss-reactive ketones (excluding diaryl/α,β-unsaturated/α-hetero) is 1. The van der Waals surface area contributed by atoms with E-state index in [-0.39, 0.29) is 11.5 Å². The molecule has 2 aromatic carbocycles. The zero-order chi connectivity index (χ0) is 22.5. The minimum atomic E-state index is -0.942. The molecule has 4 aromatic rings. The second-order valence-electron chi connectivity index (χ2n) is 6.80. The summed E-state index contributed by atoms with van der Waals surface area (Å²) in [7, 11) is 1.57. The molecule has 0 N–H and O–H groups in total. The van der Waals surface area contributed by atoms with Gasteiger partial charge in [0.2, 0.25) is 5.16 Å². The lowest BCUT2D eigenvalue weighted by Gasteiger charge is -2.10. The summed E-state index contributed by atoms with van der Waals surface area (Å²) in [5.74, 6) is -0.547. The van der Waals surface area contributed by atoms with Crippen molar-refractivity contribution in [2.24, 2.45) is 0 Å². The summed E-state index contributed by atoms with van der Waals surface area (Å²) >= 11 is 2.48. The SMILES string of the molecule is COc1ccc(C)cc1-n1nnnc1SCC(=O)C(C#N)c1nc(-c2ccccc2)cs1. The zero-order valence-electron chi connectivity index (χ0n) is 17.3. The van der Waals surface area contributed by atoms with Crippen LogP contribution in [0, 0.1) is 18.3 Å². The summed E-state index contributed by atoms with van der Waals surface area (Å²) in [5.41, 5.74) is 3.39. The molecule has 0 spiro atoms. The average Bonchev–Trinajstić information content (AvgIpc) is 3.49. The smallest absolute Gasteiger partial charge is 0.214 e. The first kappa shape index (κ1) is 21.7. The van der Waals surface area contributed by atoms with Gasteiger partial charge in [0.25, 0.3) is 0 Å². The number of methoxy groups -OCH3 is 1. The average molecular weight is 463 g/mol. The van der Waals surface area contributed by atoms with Gasteiger partial charge >= 0.3 is 0 Å². The van der Waals surface area contributed by atoms with Crippen LogP contribution >= 0.6 is 23.1 Å². The predicted octanol–water partition coefficient (Wildman–Crippen LogP) is 4.07. The van der Waals surface area contributed by atoms with Crippen LogP contribution in [0.3, 0.4) is 0 Å². The van der Waals surface area contributed by atoms with Crippen LogP contribution in [-0.4, -0.2) is 43.8 Å². The van der Waals surface area contributed by atoms with Crippen LogP contribution in [0.5, 0.6) is 5.75 Å². The van der Waals surface area contributed by atoms with Gasteiger partial charge < -0.3 is 4.74 Å². The molecule has 0 aliphatic heterocycles. The third kappa shape index (κ3) is 4.54. The maximum absolute atomic E-state index is 12.9. The van der Waals surface area contributed by atoms with Gasteiger partial charge in [-0.05, 0) is 35.0 Å². The summed E-state index contributed by atoms with van der Waals surface area (Å²) in [6, 6.07) is 17.4.